The summed E-state index contributed by atoms with van der Waals surface area (Å²) in [6.07, 6.45) is 1.62. The van der Waals surface area contributed by atoms with Crippen molar-refractivity contribution in [2.45, 2.75) is 45.2 Å². The molecule has 0 radical (unpaired) electrons. The minimum absolute atomic E-state index is 0.128. The summed E-state index contributed by atoms with van der Waals surface area (Å²) in [5.74, 6) is -0.732. The molecule has 0 aromatic rings. The van der Waals surface area contributed by atoms with E-state index < -0.39 is 12.1 Å². The molecule has 0 aromatic heterocycles. The van der Waals surface area contributed by atoms with E-state index >= 15 is 0 Å². The van der Waals surface area contributed by atoms with Crippen molar-refractivity contribution in [1.29, 1.82) is 0 Å². The molecule has 0 spiro atoms. The van der Waals surface area contributed by atoms with Crippen LogP contribution in [-0.4, -0.2) is 36.3 Å². The van der Waals surface area contributed by atoms with Gasteiger partial charge in [-0.15, -0.1) is 0 Å². The molecule has 1 aliphatic rings. The SMILES string of the molecule is CCCNC(=O)C(C)NC1CCC(=O)NC1=O. The lowest BCUT2D eigenvalue weighted by Gasteiger charge is -2.24. The molecule has 3 amide bonds. The largest absolute Gasteiger partial charge is 0.355 e. The number of piperidine rings is 1. The van der Waals surface area contributed by atoms with Gasteiger partial charge < -0.3 is 5.32 Å². The van der Waals surface area contributed by atoms with Gasteiger partial charge in [0.2, 0.25) is 17.7 Å². The van der Waals surface area contributed by atoms with Crippen LogP contribution in [0.4, 0.5) is 0 Å². The summed E-state index contributed by atoms with van der Waals surface area (Å²) in [6, 6.07) is -0.902. The van der Waals surface area contributed by atoms with Gasteiger partial charge in [-0.3, -0.25) is 25.0 Å². The summed E-state index contributed by atoms with van der Waals surface area (Å²) in [5.41, 5.74) is 0. The molecule has 0 aliphatic carbocycles. The maximum atomic E-state index is 11.6. The van der Waals surface area contributed by atoms with Crippen molar-refractivity contribution >= 4 is 17.7 Å². The number of hydrogen-bond donors (Lipinski definition) is 3. The van der Waals surface area contributed by atoms with Gasteiger partial charge in [-0.1, -0.05) is 6.92 Å². The Morgan fingerprint density at radius 1 is 1.53 bits per heavy atom. The molecular weight excluding hydrogens is 222 g/mol. The van der Waals surface area contributed by atoms with Gasteiger partial charge in [-0.2, -0.15) is 0 Å². The Kier molecular flexibility index (Phi) is 5.09. The normalized spacial score (nSPS) is 21.9. The van der Waals surface area contributed by atoms with Crippen molar-refractivity contribution in [3.63, 3.8) is 0 Å². The Bertz CT molecular complexity index is 317. The van der Waals surface area contributed by atoms with Crippen molar-refractivity contribution in [1.82, 2.24) is 16.0 Å². The maximum Gasteiger partial charge on any atom is 0.243 e. The van der Waals surface area contributed by atoms with Gasteiger partial charge in [0.15, 0.2) is 0 Å². The number of hydrogen-bond acceptors (Lipinski definition) is 4. The minimum atomic E-state index is -0.463. The predicted molar refractivity (Wildman–Crippen MR) is 62.1 cm³/mol. The topological polar surface area (TPSA) is 87.3 Å². The minimum Gasteiger partial charge on any atom is -0.355 e. The third-order valence-corrected chi connectivity index (χ3v) is 2.63. The van der Waals surface area contributed by atoms with Crippen LogP contribution in [0.15, 0.2) is 0 Å². The summed E-state index contributed by atoms with van der Waals surface area (Å²) in [5, 5.41) is 7.91. The van der Waals surface area contributed by atoms with Crippen LogP contribution in [0.3, 0.4) is 0 Å². The van der Waals surface area contributed by atoms with Crippen molar-refractivity contribution in [2.75, 3.05) is 6.54 Å². The summed E-state index contributed by atoms with van der Waals surface area (Å²) in [4.78, 5) is 34.0. The fourth-order valence-corrected chi connectivity index (χ4v) is 1.63. The first kappa shape index (κ1) is 13.6. The van der Waals surface area contributed by atoms with E-state index in [0.29, 0.717) is 19.4 Å². The number of carbonyl (C=O) groups excluding carboxylic acids is 3. The van der Waals surface area contributed by atoms with E-state index in [1.807, 2.05) is 6.92 Å². The molecule has 2 unspecified atom stereocenters. The van der Waals surface area contributed by atoms with Gasteiger partial charge in [0.05, 0.1) is 12.1 Å². The molecule has 96 valence electrons. The average Bonchev–Trinajstić information content (AvgIpc) is 2.29. The van der Waals surface area contributed by atoms with Crippen LogP contribution in [0.2, 0.25) is 0 Å². The molecule has 6 nitrogen and oxygen atoms in total. The van der Waals surface area contributed by atoms with Crippen molar-refractivity contribution < 1.29 is 14.4 Å². The van der Waals surface area contributed by atoms with Crippen LogP contribution in [0.1, 0.15) is 33.1 Å². The van der Waals surface area contributed by atoms with Crippen LogP contribution >= 0.6 is 0 Å². The first-order valence-electron chi connectivity index (χ1n) is 5.92. The standard InChI is InChI=1S/C11H19N3O3/c1-3-6-12-10(16)7(2)13-8-4-5-9(15)14-11(8)17/h7-8,13H,3-6H2,1-2H3,(H,12,16)(H,14,15,17). The Morgan fingerprint density at radius 2 is 2.24 bits per heavy atom. The fourth-order valence-electron chi connectivity index (χ4n) is 1.63. The number of nitrogens with one attached hydrogen (secondary N) is 3. The Balaban J connectivity index is 2.40. The Labute approximate surface area is 101 Å². The van der Waals surface area contributed by atoms with Gasteiger partial charge in [0.1, 0.15) is 0 Å². The maximum absolute atomic E-state index is 11.6. The van der Waals surface area contributed by atoms with Crippen LogP contribution in [0.25, 0.3) is 0 Å². The Hall–Kier alpha value is -1.43. The molecule has 17 heavy (non-hydrogen) atoms. The van der Waals surface area contributed by atoms with Crippen LogP contribution in [0.5, 0.6) is 0 Å². The molecule has 3 N–H and O–H groups in total. The van der Waals surface area contributed by atoms with Gasteiger partial charge in [0.25, 0.3) is 0 Å². The lowest BCUT2D eigenvalue weighted by Crippen LogP contribution is -2.55. The van der Waals surface area contributed by atoms with Crippen LogP contribution < -0.4 is 16.0 Å². The zero-order valence-electron chi connectivity index (χ0n) is 10.2. The number of amides is 3. The van der Waals surface area contributed by atoms with E-state index in [2.05, 4.69) is 16.0 Å². The zero-order chi connectivity index (χ0) is 12.8. The van der Waals surface area contributed by atoms with Crippen LogP contribution in [-0.2, 0) is 14.4 Å². The van der Waals surface area contributed by atoms with Crippen molar-refractivity contribution in [3.8, 4) is 0 Å². The smallest absolute Gasteiger partial charge is 0.243 e. The van der Waals surface area contributed by atoms with E-state index in [0.717, 1.165) is 6.42 Å². The molecule has 1 saturated heterocycles. The first-order chi connectivity index (χ1) is 8.04. The summed E-state index contributed by atoms with van der Waals surface area (Å²) >= 11 is 0. The van der Waals surface area contributed by atoms with Gasteiger partial charge in [-0.05, 0) is 19.8 Å². The molecule has 1 aliphatic heterocycles. The molecule has 2 atom stereocenters. The van der Waals surface area contributed by atoms with E-state index in [1.54, 1.807) is 6.92 Å². The second-order valence-electron chi connectivity index (χ2n) is 4.18. The fraction of sp³-hybridized carbons (Fsp3) is 0.727. The van der Waals surface area contributed by atoms with Crippen LogP contribution in [0, 0.1) is 0 Å². The molecular formula is C11H19N3O3. The van der Waals surface area contributed by atoms with E-state index in [1.165, 1.54) is 0 Å². The molecule has 1 heterocycles. The highest BCUT2D eigenvalue weighted by Crippen LogP contribution is 2.05. The third-order valence-electron chi connectivity index (χ3n) is 2.63. The number of imide groups is 1. The number of rotatable bonds is 5. The van der Waals surface area contributed by atoms with Crippen molar-refractivity contribution in [2.24, 2.45) is 0 Å². The highest BCUT2D eigenvalue weighted by Gasteiger charge is 2.28. The quantitative estimate of drug-likeness (QED) is 0.555. The molecule has 1 fully saturated rings. The highest BCUT2D eigenvalue weighted by molar-refractivity contribution is 6.00. The molecule has 1 rings (SSSR count). The van der Waals surface area contributed by atoms with Gasteiger partial charge >= 0.3 is 0 Å². The summed E-state index contributed by atoms with van der Waals surface area (Å²) in [7, 11) is 0. The third kappa shape index (κ3) is 4.14. The second kappa shape index (κ2) is 6.34. The second-order valence-corrected chi connectivity index (χ2v) is 4.18. The van der Waals surface area contributed by atoms with E-state index in [4.69, 9.17) is 0 Å². The lowest BCUT2D eigenvalue weighted by atomic mass is 10.1. The van der Waals surface area contributed by atoms with Crippen molar-refractivity contribution in [3.05, 3.63) is 0 Å². The van der Waals surface area contributed by atoms with Gasteiger partial charge in [-0.25, -0.2) is 0 Å². The zero-order valence-corrected chi connectivity index (χ0v) is 10.2. The predicted octanol–water partition coefficient (Wildman–Crippen LogP) is -0.704. The Morgan fingerprint density at radius 3 is 2.82 bits per heavy atom. The average molecular weight is 241 g/mol. The highest BCUT2D eigenvalue weighted by atomic mass is 16.2. The van der Waals surface area contributed by atoms with E-state index in [-0.39, 0.29) is 17.7 Å². The monoisotopic (exact) mass is 241 g/mol. The molecule has 0 aromatic carbocycles. The number of carbonyl (C=O) groups is 3. The van der Waals surface area contributed by atoms with E-state index in [9.17, 15) is 14.4 Å². The summed E-state index contributed by atoms with van der Waals surface area (Å²) in [6.45, 7) is 4.30. The lowest BCUT2D eigenvalue weighted by molar-refractivity contribution is -0.135. The molecule has 0 bridgehead atoms. The molecule has 6 heteroatoms. The van der Waals surface area contributed by atoms with Gasteiger partial charge in [0, 0.05) is 13.0 Å². The first-order valence-corrected chi connectivity index (χ1v) is 5.92. The summed E-state index contributed by atoms with van der Waals surface area (Å²) < 4.78 is 0. The molecule has 0 saturated carbocycles.